The van der Waals surface area contributed by atoms with Crippen LogP contribution in [-0.4, -0.2) is 12.5 Å². The van der Waals surface area contributed by atoms with Gasteiger partial charge in [-0.1, -0.05) is 30.5 Å². The van der Waals surface area contributed by atoms with Crippen molar-refractivity contribution in [2.75, 3.05) is 11.6 Å². The third-order valence-corrected chi connectivity index (χ3v) is 2.32. The summed E-state index contributed by atoms with van der Waals surface area (Å²) in [7, 11) is 0. The Bertz CT molecular complexity index is 298. The standard InChI is InChI=1S/C12H19N2O/c1-3-4-6-11-14(12(2)15)13-9-7-5-8-10-13/h5,7-10H,3-4,6,11H2,1-2H3/q+1. The monoisotopic (exact) mass is 207 g/mol. The van der Waals surface area contributed by atoms with Gasteiger partial charge in [0, 0.05) is 19.1 Å². The maximum absolute atomic E-state index is 11.4. The number of aromatic nitrogens is 1. The van der Waals surface area contributed by atoms with E-state index in [-0.39, 0.29) is 5.91 Å². The highest BCUT2D eigenvalue weighted by Crippen LogP contribution is 1.95. The van der Waals surface area contributed by atoms with Crippen LogP contribution in [0.5, 0.6) is 0 Å². The number of unbranched alkanes of at least 4 members (excludes halogenated alkanes) is 2. The van der Waals surface area contributed by atoms with Crippen LogP contribution in [0.25, 0.3) is 0 Å². The van der Waals surface area contributed by atoms with E-state index in [0.29, 0.717) is 0 Å². The molecule has 0 saturated carbocycles. The highest BCUT2D eigenvalue weighted by molar-refractivity contribution is 5.81. The number of carbonyl (C=O) groups is 1. The van der Waals surface area contributed by atoms with Gasteiger partial charge < -0.3 is 0 Å². The molecule has 0 N–H and O–H groups in total. The molecule has 0 fully saturated rings. The zero-order chi connectivity index (χ0) is 11.1. The first kappa shape index (κ1) is 11.7. The summed E-state index contributed by atoms with van der Waals surface area (Å²) in [6.45, 7) is 4.55. The average Bonchev–Trinajstić information content (AvgIpc) is 2.25. The summed E-state index contributed by atoms with van der Waals surface area (Å²) in [5.41, 5.74) is 0. The van der Waals surface area contributed by atoms with Gasteiger partial charge in [-0.3, -0.25) is 4.79 Å². The van der Waals surface area contributed by atoms with Crippen LogP contribution in [0, 0.1) is 0 Å². The maximum atomic E-state index is 11.4. The lowest BCUT2D eigenvalue weighted by Crippen LogP contribution is -2.60. The zero-order valence-electron chi connectivity index (χ0n) is 9.52. The minimum Gasteiger partial charge on any atom is -0.269 e. The molecular formula is C12H19N2O+. The van der Waals surface area contributed by atoms with Crippen molar-refractivity contribution in [3.05, 3.63) is 30.6 Å². The Balaban J connectivity index is 2.62. The lowest BCUT2D eigenvalue weighted by molar-refractivity contribution is -0.683. The molecule has 3 heteroatoms. The smallest absolute Gasteiger partial charge is 0.269 e. The average molecular weight is 207 g/mol. The van der Waals surface area contributed by atoms with Gasteiger partial charge >= 0.3 is 0 Å². The summed E-state index contributed by atoms with van der Waals surface area (Å²) in [6.07, 6.45) is 7.18. The molecule has 1 amide bonds. The number of pyridine rings is 1. The molecule has 82 valence electrons. The maximum Gasteiger partial charge on any atom is 0.274 e. The molecule has 3 nitrogen and oxygen atoms in total. The SMILES string of the molecule is CCCCCN(C(C)=O)[n+]1ccccc1. The summed E-state index contributed by atoms with van der Waals surface area (Å²) in [5.74, 6) is 0.0855. The second-order valence-electron chi connectivity index (χ2n) is 3.60. The van der Waals surface area contributed by atoms with Gasteiger partial charge in [-0.2, -0.15) is 0 Å². The van der Waals surface area contributed by atoms with E-state index < -0.39 is 0 Å². The molecule has 0 aliphatic rings. The minimum absolute atomic E-state index is 0.0855. The molecule has 0 atom stereocenters. The van der Waals surface area contributed by atoms with Crippen LogP contribution in [0.1, 0.15) is 33.1 Å². The van der Waals surface area contributed by atoms with Crippen molar-refractivity contribution in [1.82, 2.24) is 0 Å². The predicted molar refractivity (Wildman–Crippen MR) is 59.9 cm³/mol. The molecule has 0 aliphatic heterocycles. The van der Waals surface area contributed by atoms with E-state index in [9.17, 15) is 4.79 Å². The molecular weight excluding hydrogens is 188 g/mol. The first-order valence-corrected chi connectivity index (χ1v) is 5.50. The second kappa shape index (κ2) is 6.17. The zero-order valence-corrected chi connectivity index (χ0v) is 9.52. The minimum atomic E-state index is 0.0855. The van der Waals surface area contributed by atoms with Gasteiger partial charge in [-0.05, 0) is 6.42 Å². The van der Waals surface area contributed by atoms with E-state index in [1.807, 2.05) is 35.3 Å². The van der Waals surface area contributed by atoms with Crippen molar-refractivity contribution in [2.45, 2.75) is 33.1 Å². The van der Waals surface area contributed by atoms with Crippen molar-refractivity contribution in [1.29, 1.82) is 0 Å². The molecule has 0 aliphatic carbocycles. The summed E-state index contributed by atoms with van der Waals surface area (Å²) in [4.78, 5) is 11.4. The van der Waals surface area contributed by atoms with Crippen LogP contribution in [0.2, 0.25) is 0 Å². The van der Waals surface area contributed by atoms with Crippen molar-refractivity contribution in [2.24, 2.45) is 0 Å². The van der Waals surface area contributed by atoms with E-state index in [4.69, 9.17) is 0 Å². The van der Waals surface area contributed by atoms with Crippen molar-refractivity contribution in [3.8, 4) is 0 Å². The summed E-state index contributed by atoms with van der Waals surface area (Å²) >= 11 is 0. The van der Waals surface area contributed by atoms with E-state index in [2.05, 4.69) is 6.92 Å². The molecule has 0 bridgehead atoms. The first-order valence-electron chi connectivity index (χ1n) is 5.50. The Labute approximate surface area is 91.3 Å². The largest absolute Gasteiger partial charge is 0.274 e. The molecule has 1 heterocycles. The number of rotatable bonds is 5. The van der Waals surface area contributed by atoms with Crippen molar-refractivity contribution in [3.63, 3.8) is 0 Å². The van der Waals surface area contributed by atoms with Crippen LogP contribution < -0.4 is 9.69 Å². The molecule has 0 radical (unpaired) electrons. The normalized spacial score (nSPS) is 10.0. The van der Waals surface area contributed by atoms with Gasteiger partial charge in [-0.25, -0.2) is 0 Å². The molecule has 1 aromatic heterocycles. The van der Waals surface area contributed by atoms with Gasteiger partial charge in [0.15, 0.2) is 12.4 Å². The second-order valence-corrected chi connectivity index (χ2v) is 3.60. The quantitative estimate of drug-likeness (QED) is 0.532. The van der Waals surface area contributed by atoms with Crippen LogP contribution in [0.4, 0.5) is 0 Å². The number of carbonyl (C=O) groups excluding carboxylic acids is 1. The lowest BCUT2D eigenvalue weighted by Gasteiger charge is -2.13. The first-order chi connectivity index (χ1) is 7.25. The Hall–Kier alpha value is -1.38. The Kier molecular flexibility index (Phi) is 4.81. The highest BCUT2D eigenvalue weighted by Gasteiger charge is 2.16. The Morgan fingerprint density at radius 3 is 2.40 bits per heavy atom. The summed E-state index contributed by atoms with van der Waals surface area (Å²) in [5, 5.41) is 1.76. The molecule has 0 aromatic carbocycles. The van der Waals surface area contributed by atoms with Crippen LogP contribution >= 0.6 is 0 Å². The number of nitrogens with zero attached hydrogens (tertiary/aromatic N) is 2. The van der Waals surface area contributed by atoms with E-state index in [1.54, 1.807) is 11.9 Å². The van der Waals surface area contributed by atoms with Gasteiger partial charge in [-0.15, -0.1) is 5.01 Å². The van der Waals surface area contributed by atoms with E-state index in [0.717, 1.165) is 19.4 Å². The summed E-state index contributed by atoms with van der Waals surface area (Å²) in [6, 6.07) is 5.80. The third-order valence-electron chi connectivity index (χ3n) is 2.32. The topological polar surface area (TPSA) is 24.2 Å². The predicted octanol–water partition coefficient (Wildman–Crippen LogP) is 1.65. The fourth-order valence-corrected chi connectivity index (χ4v) is 1.50. The molecule has 1 aromatic rings. The van der Waals surface area contributed by atoms with Gasteiger partial charge in [0.25, 0.3) is 5.91 Å². The van der Waals surface area contributed by atoms with Gasteiger partial charge in [0.05, 0.1) is 6.54 Å². The molecule has 1 rings (SSSR count). The molecule has 0 saturated heterocycles. The molecule has 15 heavy (non-hydrogen) atoms. The summed E-state index contributed by atoms with van der Waals surface area (Å²) < 4.78 is 1.85. The van der Waals surface area contributed by atoms with Crippen LogP contribution in [0.3, 0.4) is 0 Å². The third kappa shape index (κ3) is 3.70. The fourth-order valence-electron chi connectivity index (χ4n) is 1.50. The van der Waals surface area contributed by atoms with Crippen molar-refractivity contribution < 1.29 is 9.47 Å². The number of hydrogen-bond acceptors (Lipinski definition) is 1. The number of amides is 1. The Morgan fingerprint density at radius 1 is 1.20 bits per heavy atom. The molecule has 0 spiro atoms. The van der Waals surface area contributed by atoms with E-state index in [1.165, 1.54) is 6.42 Å². The lowest BCUT2D eigenvalue weighted by atomic mass is 10.2. The van der Waals surface area contributed by atoms with Gasteiger partial charge in [0.1, 0.15) is 0 Å². The fraction of sp³-hybridized carbons (Fsp3) is 0.500. The van der Waals surface area contributed by atoms with Crippen molar-refractivity contribution >= 4 is 5.91 Å². The highest BCUT2D eigenvalue weighted by atomic mass is 16.2. The van der Waals surface area contributed by atoms with Crippen LogP contribution in [-0.2, 0) is 4.79 Å². The van der Waals surface area contributed by atoms with Crippen LogP contribution in [0.15, 0.2) is 30.6 Å². The number of hydrogen-bond donors (Lipinski definition) is 0. The molecule has 0 unspecified atom stereocenters. The van der Waals surface area contributed by atoms with Gasteiger partial charge in [0.2, 0.25) is 0 Å². The Morgan fingerprint density at radius 2 is 1.87 bits per heavy atom. The van der Waals surface area contributed by atoms with E-state index >= 15 is 0 Å².